The van der Waals surface area contributed by atoms with Gasteiger partial charge in [-0.25, -0.2) is 0 Å². The minimum absolute atomic E-state index is 0.469. The topological polar surface area (TPSA) is 0 Å². The van der Waals surface area contributed by atoms with Crippen LogP contribution in [-0.2, 0) is 0 Å². The number of fused-ring (bicyclic) bond motifs is 1. The van der Waals surface area contributed by atoms with Crippen LogP contribution in [0.3, 0.4) is 0 Å². The zero-order valence-electron chi connectivity index (χ0n) is 7.60. The molecule has 0 spiro atoms. The van der Waals surface area contributed by atoms with E-state index < -0.39 is 0 Å². The van der Waals surface area contributed by atoms with E-state index in [-0.39, 0.29) is 0 Å². The molecule has 2 aliphatic carbocycles. The van der Waals surface area contributed by atoms with Crippen LogP contribution >= 0.6 is 11.6 Å². The smallest absolute Gasteiger partial charge is 0.0370 e. The Kier molecular flexibility index (Phi) is 1.55. The fourth-order valence-corrected chi connectivity index (χ4v) is 3.46. The fraction of sp³-hybridized carbons (Fsp3) is 1.00. The average molecular weight is 173 g/mol. The highest BCUT2D eigenvalue weighted by Gasteiger charge is 2.64. The first-order valence-electron chi connectivity index (χ1n) is 4.72. The quantitative estimate of drug-likeness (QED) is 0.533. The molecule has 0 aromatic heterocycles. The number of halogens is 1. The summed E-state index contributed by atoms with van der Waals surface area (Å²) >= 11 is 6.22. The molecule has 64 valence electrons. The predicted octanol–water partition coefficient (Wildman–Crippen LogP) is 3.30. The second-order valence-electron chi connectivity index (χ2n) is 4.78. The summed E-state index contributed by atoms with van der Waals surface area (Å²) in [5, 5.41) is 0.469. The van der Waals surface area contributed by atoms with E-state index in [0.29, 0.717) is 10.8 Å². The van der Waals surface area contributed by atoms with Crippen LogP contribution in [0.15, 0.2) is 0 Å². The molecule has 0 saturated heterocycles. The Morgan fingerprint density at radius 2 is 2.00 bits per heavy atom. The molecule has 0 aromatic carbocycles. The summed E-state index contributed by atoms with van der Waals surface area (Å²) < 4.78 is 0. The van der Waals surface area contributed by atoms with Gasteiger partial charge in [0.05, 0.1) is 0 Å². The summed E-state index contributed by atoms with van der Waals surface area (Å²) in [7, 11) is 0. The Hall–Kier alpha value is 0.290. The average Bonchev–Trinajstić information content (AvgIpc) is 2.57. The van der Waals surface area contributed by atoms with Crippen molar-refractivity contribution in [2.75, 3.05) is 0 Å². The molecular weight excluding hydrogens is 156 g/mol. The van der Waals surface area contributed by atoms with Gasteiger partial charge in [-0.3, -0.25) is 0 Å². The predicted molar refractivity (Wildman–Crippen MR) is 48.8 cm³/mol. The van der Waals surface area contributed by atoms with Gasteiger partial charge in [0.2, 0.25) is 0 Å². The van der Waals surface area contributed by atoms with Crippen LogP contribution in [0, 0.1) is 23.2 Å². The summed E-state index contributed by atoms with van der Waals surface area (Å²) in [5.41, 5.74) is 0.672. The second-order valence-corrected chi connectivity index (χ2v) is 5.34. The third-order valence-electron chi connectivity index (χ3n) is 4.11. The van der Waals surface area contributed by atoms with Gasteiger partial charge >= 0.3 is 0 Å². The lowest BCUT2D eigenvalue weighted by Gasteiger charge is -2.17. The van der Waals surface area contributed by atoms with Crippen LogP contribution in [0.2, 0.25) is 0 Å². The standard InChI is InChI=1S/C10H17Cl/c1-6(2)10-4-8(10)7(3)9(11)5-10/h6-9H,4-5H2,1-3H3. The lowest BCUT2D eigenvalue weighted by atomic mass is 9.90. The third-order valence-corrected chi connectivity index (χ3v) is 4.66. The van der Waals surface area contributed by atoms with E-state index in [1.54, 1.807) is 0 Å². The van der Waals surface area contributed by atoms with Gasteiger partial charge in [-0.1, -0.05) is 20.8 Å². The maximum atomic E-state index is 6.22. The molecule has 0 radical (unpaired) electrons. The van der Waals surface area contributed by atoms with Gasteiger partial charge in [0, 0.05) is 5.38 Å². The maximum Gasteiger partial charge on any atom is 0.0370 e. The van der Waals surface area contributed by atoms with Crippen LogP contribution in [-0.4, -0.2) is 5.38 Å². The van der Waals surface area contributed by atoms with Crippen molar-refractivity contribution >= 4 is 11.6 Å². The zero-order chi connectivity index (χ0) is 8.22. The fourth-order valence-electron chi connectivity index (χ4n) is 3.00. The summed E-state index contributed by atoms with van der Waals surface area (Å²) in [4.78, 5) is 0. The van der Waals surface area contributed by atoms with E-state index in [1.165, 1.54) is 12.8 Å². The van der Waals surface area contributed by atoms with E-state index in [9.17, 15) is 0 Å². The van der Waals surface area contributed by atoms with Crippen molar-refractivity contribution in [1.82, 2.24) is 0 Å². The lowest BCUT2D eigenvalue weighted by molar-refractivity contribution is 0.342. The second kappa shape index (κ2) is 2.16. The largest absolute Gasteiger partial charge is 0.123 e. The molecule has 4 unspecified atom stereocenters. The Bertz CT molecular complexity index is 176. The summed E-state index contributed by atoms with van der Waals surface area (Å²) in [6.45, 7) is 7.02. The normalized spacial score (nSPS) is 54.8. The highest BCUT2D eigenvalue weighted by atomic mass is 35.5. The Balaban J connectivity index is 2.13. The van der Waals surface area contributed by atoms with E-state index in [4.69, 9.17) is 11.6 Å². The molecule has 0 heterocycles. The van der Waals surface area contributed by atoms with Crippen LogP contribution < -0.4 is 0 Å². The number of alkyl halides is 1. The van der Waals surface area contributed by atoms with Gasteiger partial charge in [0.25, 0.3) is 0 Å². The molecular formula is C10H17Cl. The summed E-state index contributed by atoms with van der Waals surface area (Å²) in [6, 6.07) is 0. The van der Waals surface area contributed by atoms with Crippen molar-refractivity contribution in [1.29, 1.82) is 0 Å². The molecule has 0 bridgehead atoms. The molecule has 2 rings (SSSR count). The molecule has 4 atom stereocenters. The van der Waals surface area contributed by atoms with E-state index in [2.05, 4.69) is 20.8 Å². The Labute approximate surface area is 74.3 Å². The Morgan fingerprint density at radius 3 is 2.27 bits per heavy atom. The van der Waals surface area contributed by atoms with Gasteiger partial charge in [0.15, 0.2) is 0 Å². The first-order valence-corrected chi connectivity index (χ1v) is 5.15. The monoisotopic (exact) mass is 172 g/mol. The van der Waals surface area contributed by atoms with Crippen molar-refractivity contribution in [3.8, 4) is 0 Å². The van der Waals surface area contributed by atoms with Crippen LogP contribution in [0.5, 0.6) is 0 Å². The SMILES string of the molecule is CC1C(Cl)CC2(C(C)C)CC12. The van der Waals surface area contributed by atoms with E-state index >= 15 is 0 Å². The molecule has 2 fully saturated rings. The van der Waals surface area contributed by atoms with E-state index in [0.717, 1.165) is 17.8 Å². The maximum absolute atomic E-state index is 6.22. The van der Waals surface area contributed by atoms with Crippen molar-refractivity contribution in [3.05, 3.63) is 0 Å². The molecule has 1 heteroatoms. The van der Waals surface area contributed by atoms with Gasteiger partial charge in [-0.15, -0.1) is 11.6 Å². The highest BCUT2D eigenvalue weighted by Crippen LogP contribution is 2.70. The van der Waals surface area contributed by atoms with Gasteiger partial charge in [0.1, 0.15) is 0 Å². The third kappa shape index (κ3) is 0.884. The van der Waals surface area contributed by atoms with Crippen molar-refractivity contribution < 1.29 is 0 Å². The lowest BCUT2D eigenvalue weighted by Crippen LogP contribution is -2.11. The molecule has 0 aliphatic heterocycles. The summed E-state index contributed by atoms with van der Waals surface area (Å²) in [5.74, 6) is 2.59. The van der Waals surface area contributed by atoms with Gasteiger partial charge < -0.3 is 0 Å². The van der Waals surface area contributed by atoms with E-state index in [1.807, 2.05) is 0 Å². The molecule has 2 aliphatic rings. The molecule has 0 nitrogen and oxygen atoms in total. The van der Waals surface area contributed by atoms with Gasteiger partial charge in [-0.05, 0) is 36.0 Å². The zero-order valence-corrected chi connectivity index (χ0v) is 8.36. The minimum Gasteiger partial charge on any atom is -0.123 e. The number of hydrogen-bond acceptors (Lipinski definition) is 0. The van der Waals surface area contributed by atoms with Crippen LogP contribution in [0.4, 0.5) is 0 Å². The summed E-state index contributed by atoms with van der Waals surface area (Å²) in [6.07, 6.45) is 2.73. The van der Waals surface area contributed by atoms with Crippen molar-refractivity contribution in [2.45, 2.75) is 39.0 Å². The van der Waals surface area contributed by atoms with Gasteiger partial charge in [-0.2, -0.15) is 0 Å². The first-order chi connectivity index (χ1) is 5.08. The van der Waals surface area contributed by atoms with Crippen LogP contribution in [0.25, 0.3) is 0 Å². The number of hydrogen-bond donors (Lipinski definition) is 0. The molecule has 11 heavy (non-hydrogen) atoms. The molecule has 0 amide bonds. The molecule has 2 saturated carbocycles. The highest BCUT2D eigenvalue weighted by molar-refractivity contribution is 6.21. The first kappa shape index (κ1) is 7.91. The molecule has 0 N–H and O–H groups in total. The number of rotatable bonds is 1. The minimum atomic E-state index is 0.469. The van der Waals surface area contributed by atoms with Crippen molar-refractivity contribution in [2.24, 2.45) is 23.2 Å². The molecule has 0 aromatic rings. The Morgan fingerprint density at radius 1 is 1.36 bits per heavy atom. The van der Waals surface area contributed by atoms with Crippen molar-refractivity contribution in [3.63, 3.8) is 0 Å². The van der Waals surface area contributed by atoms with Crippen LogP contribution in [0.1, 0.15) is 33.6 Å².